The molecule has 0 spiro atoms. The Kier molecular flexibility index (Phi) is 2.89. The lowest BCUT2D eigenvalue weighted by Crippen LogP contribution is -2.17. The lowest BCUT2D eigenvalue weighted by Gasteiger charge is -2.16. The van der Waals surface area contributed by atoms with Gasteiger partial charge in [-0.05, 0) is 61.3 Å². The van der Waals surface area contributed by atoms with Crippen LogP contribution in [-0.4, -0.2) is 12.3 Å². The Balaban J connectivity index is 1.58. The van der Waals surface area contributed by atoms with Gasteiger partial charge in [-0.1, -0.05) is 6.92 Å². The van der Waals surface area contributed by atoms with Gasteiger partial charge in [-0.3, -0.25) is 4.79 Å². The van der Waals surface area contributed by atoms with Crippen molar-refractivity contribution in [2.24, 2.45) is 11.3 Å². The standard InChI is InChI=1S/C16H21NO/c1-2-15(18)12-3-7-14(8-4-12)17-11-16(9-10-16)13-5-6-13/h3-4,7-8,13,17H,2,5-6,9-11H2,1H3. The van der Waals surface area contributed by atoms with E-state index in [1.807, 2.05) is 31.2 Å². The molecule has 1 aromatic rings. The number of benzene rings is 1. The largest absolute Gasteiger partial charge is 0.384 e. The first-order chi connectivity index (χ1) is 8.73. The second-order valence-corrected chi connectivity index (χ2v) is 5.84. The van der Waals surface area contributed by atoms with Gasteiger partial charge < -0.3 is 5.32 Å². The minimum Gasteiger partial charge on any atom is -0.384 e. The van der Waals surface area contributed by atoms with Crippen LogP contribution in [0.2, 0.25) is 0 Å². The van der Waals surface area contributed by atoms with Crippen LogP contribution < -0.4 is 5.32 Å². The monoisotopic (exact) mass is 243 g/mol. The van der Waals surface area contributed by atoms with Crippen LogP contribution in [0.15, 0.2) is 24.3 Å². The maximum atomic E-state index is 11.5. The maximum Gasteiger partial charge on any atom is 0.162 e. The van der Waals surface area contributed by atoms with Crippen molar-refractivity contribution in [3.05, 3.63) is 29.8 Å². The molecule has 1 N–H and O–H groups in total. The zero-order valence-electron chi connectivity index (χ0n) is 11.0. The predicted molar refractivity (Wildman–Crippen MR) is 73.9 cm³/mol. The van der Waals surface area contributed by atoms with Gasteiger partial charge in [-0.25, -0.2) is 0 Å². The fourth-order valence-corrected chi connectivity index (χ4v) is 2.84. The van der Waals surface area contributed by atoms with Crippen LogP contribution in [0.3, 0.4) is 0 Å². The molecule has 0 aliphatic heterocycles. The molecular weight excluding hydrogens is 222 g/mol. The lowest BCUT2D eigenvalue weighted by molar-refractivity contribution is 0.0988. The molecule has 96 valence electrons. The summed E-state index contributed by atoms with van der Waals surface area (Å²) in [5, 5.41) is 3.54. The van der Waals surface area contributed by atoms with Crippen LogP contribution in [0.1, 0.15) is 49.4 Å². The molecule has 18 heavy (non-hydrogen) atoms. The van der Waals surface area contributed by atoms with E-state index in [-0.39, 0.29) is 5.78 Å². The van der Waals surface area contributed by atoms with Gasteiger partial charge in [0.05, 0.1) is 0 Å². The molecule has 2 nitrogen and oxygen atoms in total. The summed E-state index contributed by atoms with van der Waals surface area (Å²) in [5.74, 6) is 1.21. The van der Waals surface area contributed by atoms with Gasteiger partial charge in [-0.2, -0.15) is 0 Å². The number of Topliss-reactive ketones (excluding diaryl/α,β-unsaturated/α-hetero) is 1. The highest BCUT2D eigenvalue weighted by atomic mass is 16.1. The minimum absolute atomic E-state index is 0.221. The third-order valence-electron chi connectivity index (χ3n) is 4.51. The summed E-state index contributed by atoms with van der Waals surface area (Å²) in [5.41, 5.74) is 2.60. The second-order valence-electron chi connectivity index (χ2n) is 5.84. The zero-order chi connectivity index (χ0) is 12.6. The second kappa shape index (κ2) is 4.42. The van der Waals surface area contributed by atoms with Crippen molar-refractivity contribution < 1.29 is 4.79 Å². The fraction of sp³-hybridized carbons (Fsp3) is 0.562. The lowest BCUT2D eigenvalue weighted by atomic mass is 10.0. The van der Waals surface area contributed by atoms with E-state index < -0.39 is 0 Å². The molecule has 2 fully saturated rings. The van der Waals surface area contributed by atoms with Crippen molar-refractivity contribution in [1.29, 1.82) is 0 Å². The van der Waals surface area contributed by atoms with Crippen LogP contribution >= 0.6 is 0 Å². The molecule has 0 aromatic heterocycles. The van der Waals surface area contributed by atoms with E-state index in [1.54, 1.807) is 0 Å². The van der Waals surface area contributed by atoms with E-state index in [0.717, 1.165) is 23.7 Å². The van der Waals surface area contributed by atoms with Gasteiger partial charge in [-0.15, -0.1) is 0 Å². The number of hydrogen-bond donors (Lipinski definition) is 1. The first-order valence-electron chi connectivity index (χ1n) is 7.11. The van der Waals surface area contributed by atoms with E-state index in [2.05, 4.69) is 5.32 Å². The van der Waals surface area contributed by atoms with Gasteiger partial charge in [0.15, 0.2) is 5.78 Å². The van der Waals surface area contributed by atoms with Crippen molar-refractivity contribution in [3.8, 4) is 0 Å². The highest BCUT2D eigenvalue weighted by Crippen LogP contribution is 2.61. The summed E-state index contributed by atoms with van der Waals surface area (Å²) in [6.07, 6.45) is 6.25. The number of ketones is 1. The molecular formula is C16H21NO. The molecule has 1 aromatic carbocycles. The van der Waals surface area contributed by atoms with Crippen LogP contribution in [0.4, 0.5) is 5.69 Å². The Morgan fingerprint density at radius 1 is 1.28 bits per heavy atom. The summed E-state index contributed by atoms with van der Waals surface area (Å²) in [4.78, 5) is 11.5. The van der Waals surface area contributed by atoms with Crippen molar-refractivity contribution >= 4 is 11.5 Å². The highest BCUT2D eigenvalue weighted by Gasteiger charge is 2.53. The zero-order valence-corrected chi connectivity index (χ0v) is 11.0. The van der Waals surface area contributed by atoms with Crippen molar-refractivity contribution in [2.75, 3.05) is 11.9 Å². The van der Waals surface area contributed by atoms with Crippen LogP contribution in [-0.2, 0) is 0 Å². The third-order valence-corrected chi connectivity index (χ3v) is 4.51. The number of hydrogen-bond acceptors (Lipinski definition) is 2. The van der Waals surface area contributed by atoms with E-state index >= 15 is 0 Å². The maximum absolute atomic E-state index is 11.5. The quantitative estimate of drug-likeness (QED) is 0.768. The number of carbonyl (C=O) groups is 1. The Labute approximate surface area is 109 Å². The average molecular weight is 243 g/mol. The molecule has 0 amide bonds. The molecule has 2 aliphatic carbocycles. The first-order valence-corrected chi connectivity index (χ1v) is 7.11. The van der Waals surface area contributed by atoms with Crippen molar-refractivity contribution in [1.82, 2.24) is 0 Å². The Bertz CT molecular complexity index is 441. The molecule has 0 atom stereocenters. The third kappa shape index (κ3) is 2.29. The number of nitrogens with one attached hydrogen (secondary N) is 1. The van der Waals surface area contributed by atoms with E-state index in [1.165, 1.54) is 25.7 Å². The molecule has 0 heterocycles. The summed E-state index contributed by atoms with van der Waals surface area (Å²) < 4.78 is 0. The molecule has 0 radical (unpaired) electrons. The Hall–Kier alpha value is -1.31. The topological polar surface area (TPSA) is 29.1 Å². The molecule has 3 rings (SSSR count). The fourth-order valence-electron chi connectivity index (χ4n) is 2.84. The summed E-state index contributed by atoms with van der Waals surface area (Å²) in [7, 11) is 0. The summed E-state index contributed by atoms with van der Waals surface area (Å²) in [6.45, 7) is 3.01. The smallest absolute Gasteiger partial charge is 0.162 e. The van der Waals surface area contributed by atoms with Gasteiger partial charge in [0.2, 0.25) is 0 Å². The molecule has 2 heteroatoms. The van der Waals surface area contributed by atoms with Crippen molar-refractivity contribution in [3.63, 3.8) is 0 Å². The van der Waals surface area contributed by atoms with Gasteiger partial charge in [0, 0.05) is 24.2 Å². The van der Waals surface area contributed by atoms with Crippen LogP contribution in [0, 0.1) is 11.3 Å². The van der Waals surface area contributed by atoms with E-state index in [0.29, 0.717) is 11.8 Å². The number of carbonyl (C=O) groups excluding carboxylic acids is 1. The number of rotatable bonds is 6. The normalized spacial score (nSPS) is 20.5. The predicted octanol–water partition coefficient (Wildman–Crippen LogP) is 3.88. The summed E-state index contributed by atoms with van der Waals surface area (Å²) >= 11 is 0. The SMILES string of the molecule is CCC(=O)c1ccc(NCC2(C3CC3)CC2)cc1. The van der Waals surface area contributed by atoms with Gasteiger partial charge in [0.1, 0.15) is 0 Å². The highest BCUT2D eigenvalue weighted by molar-refractivity contribution is 5.96. The summed E-state index contributed by atoms with van der Waals surface area (Å²) in [6, 6.07) is 7.94. The van der Waals surface area contributed by atoms with Crippen LogP contribution in [0.25, 0.3) is 0 Å². The molecule has 0 unspecified atom stereocenters. The van der Waals surface area contributed by atoms with Crippen molar-refractivity contribution in [2.45, 2.75) is 39.0 Å². The van der Waals surface area contributed by atoms with Crippen LogP contribution in [0.5, 0.6) is 0 Å². The average Bonchev–Trinajstić information content (AvgIpc) is 3.28. The Morgan fingerprint density at radius 3 is 2.44 bits per heavy atom. The van der Waals surface area contributed by atoms with Gasteiger partial charge in [0.25, 0.3) is 0 Å². The molecule has 2 aliphatic rings. The minimum atomic E-state index is 0.221. The molecule has 0 saturated heterocycles. The number of anilines is 1. The molecule has 2 saturated carbocycles. The van der Waals surface area contributed by atoms with E-state index in [4.69, 9.17) is 0 Å². The van der Waals surface area contributed by atoms with E-state index in [9.17, 15) is 4.79 Å². The van der Waals surface area contributed by atoms with Gasteiger partial charge >= 0.3 is 0 Å². The molecule has 0 bridgehead atoms. The Morgan fingerprint density at radius 2 is 1.94 bits per heavy atom. The first kappa shape index (κ1) is 11.8.